The minimum absolute atomic E-state index is 0.203. The van der Waals surface area contributed by atoms with Crippen LogP contribution >= 0.6 is 0 Å². The van der Waals surface area contributed by atoms with Gasteiger partial charge in [-0.2, -0.15) is 0 Å². The molecule has 0 unspecified atom stereocenters. The van der Waals surface area contributed by atoms with Crippen molar-refractivity contribution in [3.8, 4) is 5.75 Å². The van der Waals surface area contributed by atoms with Gasteiger partial charge in [0.15, 0.2) is 0 Å². The molecular weight excluding hydrogens is 288 g/mol. The molecular formula is C19H18N2O2. The Balaban J connectivity index is 2.00. The summed E-state index contributed by atoms with van der Waals surface area (Å²) in [6.45, 7) is 4.07. The van der Waals surface area contributed by atoms with Crippen molar-refractivity contribution in [2.45, 2.75) is 13.8 Å². The van der Waals surface area contributed by atoms with Crippen molar-refractivity contribution in [2.24, 2.45) is 4.99 Å². The van der Waals surface area contributed by atoms with E-state index in [9.17, 15) is 4.79 Å². The first-order valence-electron chi connectivity index (χ1n) is 7.41. The van der Waals surface area contributed by atoms with Gasteiger partial charge in [-0.3, -0.25) is 4.79 Å². The lowest BCUT2D eigenvalue weighted by Gasteiger charge is -2.06. The highest BCUT2D eigenvalue weighted by molar-refractivity contribution is 6.20. The van der Waals surface area contributed by atoms with E-state index in [0.29, 0.717) is 17.3 Å². The Bertz CT molecular complexity index is 835. The predicted octanol–water partition coefficient (Wildman–Crippen LogP) is 3.23. The van der Waals surface area contributed by atoms with Crippen LogP contribution in [0.15, 0.2) is 53.2 Å². The first-order chi connectivity index (χ1) is 11.1. The zero-order valence-corrected chi connectivity index (χ0v) is 13.4. The molecule has 1 aliphatic rings. The summed E-state index contributed by atoms with van der Waals surface area (Å²) in [6, 6.07) is 13.6. The summed E-state index contributed by atoms with van der Waals surface area (Å²) in [6.07, 6.45) is 1.81. The van der Waals surface area contributed by atoms with Crippen LogP contribution in [-0.4, -0.2) is 18.9 Å². The van der Waals surface area contributed by atoms with Gasteiger partial charge in [0.1, 0.15) is 17.3 Å². The van der Waals surface area contributed by atoms with Gasteiger partial charge in [0.25, 0.3) is 5.91 Å². The van der Waals surface area contributed by atoms with Gasteiger partial charge in [-0.15, -0.1) is 0 Å². The summed E-state index contributed by atoms with van der Waals surface area (Å²) >= 11 is 0. The number of nitrogens with zero attached hydrogens (tertiary/aromatic N) is 1. The number of ether oxygens (including phenoxy) is 1. The Hall–Kier alpha value is -2.88. The maximum atomic E-state index is 12.2. The van der Waals surface area contributed by atoms with Crippen molar-refractivity contribution in [2.75, 3.05) is 7.11 Å². The van der Waals surface area contributed by atoms with E-state index in [2.05, 4.69) is 16.4 Å². The third-order valence-corrected chi connectivity index (χ3v) is 3.78. The van der Waals surface area contributed by atoms with Gasteiger partial charge < -0.3 is 10.1 Å². The van der Waals surface area contributed by atoms with E-state index in [-0.39, 0.29) is 5.91 Å². The molecule has 2 aromatic rings. The fourth-order valence-corrected chi connectivity index (χ4v) is 2.57. The molecule has 1 aliphatic heterocycles. The molecule has 0 bridgehead atoms. The predicted molar refractivity (Wildman–Crippen MR) is 91.6 cm³/mol. The van der Waals surface area contributed by atoms with Crippen LogP contribution in [0.25, 0.3) is 6.08 Å². The summed E-state index contributed by atoms with van der Waals surface area (Å²) in [7, 11) is 1.60. The molecule has 0 atom stereocenters. The van der Waals surface area contributed by atoms with Gasteiger partial charge in [-0.25, -0.2) is 4.99 Å². The molecule has 0 saturated carbocycles. The topological polar surface area (TPSA) is 50.7 Å². The van der Waals surface area contributed by atoms with Gasteiger partial charge in [0.2, 0.25) is 0 Å². The second kappa shape index (κ2) is 6.08. The molecule has 0 saturated heterocycles. The third kappa shape index (κ3) is 3.01. The first-order valence-corrected chi connectivity index (χ1v) is 7.41. The first kappa shape index (κ1) is 15.0. The SMILES string of the molecule is COc1ccccc1C1=N/C(=C\c2ccc(C)cc2C)C(=O)N1. The number of carbonyl (C=O) groups is 1. The van der Waals surface area contributed by atoms with Crippen molar-refractivity contribution < 1.29 is 9.53 Å². The average Bonchev–Trinajstić information content (AvgIpc) is 2.91. The fraction of sp³-hybridized carbons (Fsp3) is 0.158. The van der Waals surface area contributed by atoms with E-state index in [1.54, 1.807) is 7.11 Å². The number of benzene rings is 2. The van der Waals surface area contributed by atoms with Crippen LogP contribution in [0, 0.1) is 13.8 Å². The Kier molecular flexibility index (Phi) is 3.98. The van der Waals surface area contributed by atoms with Crippen LogP contribution in [0.5, 0.6) is 5.75 Å². The number of carbonyl (C=O) groups excluding carboxylic acids is 1. The molecule has 23 heavy (non-hydrogen) atoms. The maximum Gasteiger partial charge on any atom is 0.275 e. The average molecular weight is 306 g/mol. The number of methoxy groups -OCH3 is 1. The Morgan fingerprint density at radius 3 is 2.65 bits per heavy atom. The van der Waals surface area contributed by atoms with Crippen molar-refractivity contribution in [1.29, 1.82) is 0 Å². The quantitative estimate of drug-likeness (QED) is 0.885. The van der Waals surface area contributed by atoms with Gasteiger partial charge in [-0.1, -0.05) is 35.9 Å². The number of rotatable bonds is 3. The fourth-order valence-electron chi connectivity index (χ4n) is 2.57. The molecule has 0 aliphatic carbocycles. The lowest BCUT2D eigenvalue weighted by Crippen LogP contribution is -2.25. The Labute approximate surface area is 135 Å². The molecule has 0 fully saturated rings. The summed E-state index contributed by atoms with van der Waals surface area (Å²) in [5.74, 6) is 0.994. The summed E-state index contributed by atoms with van der Waals surface area (Å²) in [5.41, 5.74) is 4.47. The molecule has 4 nitrogen and oxygen atoms in total. The lowest BCUT2D eigenvalue weighted by molar-refractivity contribution is -0.115. The number of hydrogen-bond acceptors (Lipinski definition) is 3. The maximum absolute atomic E-state index is 12.2. The number of para-hydroxylation sites is 1. The zero-order chi connectivity index (χ0) is 16.4. The number of aliphatic imine (C=N–C) groups is 1. The van der Waals surface area contributed by atoms with Gasteiger partial charge in [0.05, 0.1) is 12.7 Å². The van der Waals surface area contributed by atoms with E-state index in [1.165, 1.54) is 5.56 Å². The van der Waals surface area contributed by atoms with Crippen molar-refractivity contribution >= 4 is 17.8 Å². The third-order valence-electron chi connectivity index (χ3n) is 3.78. The summed E-state index contributed by atoms with van der Waals surface area (Å²) < 4.78 is 5.33. The van der Waals surface area contributed by atoms with Crippen LogP contribution in [-0.2, 0) is 4.79 Å². The Morgan fingerprint density at radius 1 is 1.13 bits per heavy atom. The lowest BCUT2D eigenvalue weighted by atomic mass is 10.0. The highest BCUT2D eigenvalue weighted by Crippen LogP contribution is 2.22. The highest BCUT2D eigenvalue weighted by Gasteiger charge is 2.23. The van der Waals surface area contributed by atoms with Crippen LogP contribution < -0.4 is 10.1 Å². The number of amidine groups is 1. The normalized spacial score (nSPS) is 15.5. The number of aryl methyl sites for hydroxylation is 2. The minimum Gasteiger partial charge on any atom is -0.496 e. The minimum atomic E-state index is -0.203. The molecule has 3 rings (SSSR count). The molecule has 1 N–H and O–H groups in total. The number of nitrogens with one attached hydrogen (secondary N) is 1. The monoisotopic (exact) mass is 306 g/mol. The van der Waals surface area contributed by atoms with Crippen molar-refractivity contribution in [1.82, 2.24) is 5.32 Å². The molecule has 0 radical (unpaired) electrons. The molecule has 0 aromatic heterocycles. The number of hydrogen-bond donors (Lipinski definition) is 1. The van der Waals surface area contributed by atoms with Crippen LogP contribution in [0.4, 0.5) is 0 Å². The largest absolute Gasteiger partial charge is 0.496 e. The van der Waals surface area contributed by atoms with Gasteiger partial charge >= 0.3 is 0 Å². The van der Waals surface area contributed by atoms with E-state index >= 15 is 0 Å². The van der Waals surface area contributed by atoms with Crippen LogP contribution in [0.2, 0.25) is 0 Å². The van der Waals surface area contributed by atoms with Gasteiger partial charge in [-0.05, 0) is 43.2 Å². The van der Waals surface area contributed by atoms with E-state index < -0.39 is 0 Å². The van der Waals surface area contributed by atoms with E-state index in [0.717, 1.165) is 16.7 Å². The van der Waals surface area contributed by atoms with E-state index in [1.807, 2.05) is 56.3 Å². The molecule has 2 aromatic carbocycles. The number of amides is 1. The summed E-state index contributed by atoms with van der Waals surface area (Å²) in [5, 5.41) is 2.81. The zero-order valence-electron chi connectivity index (χ0n) is 13.4. The van der Waals surface area contributed by atoms with E-state index in [4.69, 9.17) is 4.74 Å². The smallest absolute Gasteiger partial charge is 0.275 e. The van der Waals surface area contributed by atoms with Crippen molar-refractivity contribution in [3.05, 3.63) is 70.4 Å². The van der Waals surface area contributed by atoms with Crippen LogP contribution in [0.1, 0.15) is 22.3 Å². The highest BCUT2D eigenvalue weighted by atomic mass is 16.5. The Morgan fingerprint density at radius 2 is 1.91 bits per heavy atom. The standard InChI is InChI=1S/C19H18N2O2/c1-12-8-9-14(13(2)10-12)11-16-19(22)21-18(20-16)15-6-4-5-7-17(15)23-3/h4-11H,1-3H3,(H,20,21,22)/b16-11-. The molecule has 1 heterocycles. The second-order valence-electron chi connectivity index (χ2n) is 5.50. The second-order valence-corrected chi connectivity index (χ2v) is 5.50. The molecule has 116 valence electrons. The van der Waals surface area contributed by atoms with Crippen LogP contribution in [0.3, 0.4) is 0 Å². The molecule has 4 heteroatoms. The molecule has 0 spiro atoms. The molecule has 1 amide bonds. The summed E-state index contributed by atoms with van der Waals surface area (Å²) in [4.78, 5) is 16.6. The van der Waals surface area contributed by atoms with Gasteiger partial charge in [0, 0.05) is 0 Å². The van der Waals surface area contributed by atoms with Crippen molar-refractivity contribution in [3.63, 3.8) is 0 Å².